The molecular formula is C39H49FN2O5. The summed E-state index contributed by atoms with van der Waals surface area (Å²) in [5, 5.41) is 2.75. The fraction of sp³-hybridized carbons (Fsp3) is 0.436. The SMILES string of the molecule is C[C@@H](NC(=O)OC(C)(C)C)c1cccc(-c2cc(C=CC3CCCN3C)cc(COc3ccccc3CC(=O)OC(C)(C)C)c2)c1F. The Balaban J connectivity index is 1.63. The van der Waals surface area contributed by atoms with Crippen molar-refractivity contribution < 1.29 is 28.2 Å². The molecule has 3 aromatic rings. The summed E-state index contributed by atoms with van der Waals surface area (Å²) >= 11 is 0. The van der Waals surface area contributed by atoms with Gasteiger partial charge in [0.05, 0.1) is 12.5 Å². The Morgan fingerprint density at radius 2 is 1.72 bits per heavy atom. The van der Waals surface area contributed by atoms with Gasteiger partial charge in [-0.25, -0.2) is 9.18 Å². The van der Waals surface area contributed by atoms with Crippen LogP contribution in [0.25, 0.3) is 17.2 Å². The number of halogens is 1. The summed E-state index contributed by atoms with van der Waals surface area (Å²) in [6, 6.07) is 18.3. The summed E-state index contributed by atoms with van der Waals surface area (Å²) in [6.45, 7) is 13.9. The lowest BCUT2D eigenvalue weighted by molar-refractivity contribution is -0.153. The molecule has 252 valence electrons. The van der Waals surface area contributed by atoms with Crippen molar-refractivity contribution in [3.05, 3.63) is 94.8 Å². The maximum Gasteiger partial charge on any atom is 0.408 e. The van der Waals surface area contributed by atoms with Gasteiger partial charge in [-0.15, -0.1) is 0 Å². The number of rotatable bonds is 10. The van der Waals surface area contributed by atoms with E-state index in [2.05, 4.69) is 29.4 Å². The second-order valence-corrected chi connectivity index (χ2v) is 14.2. The number of nitrogens with one attached hydrogen (secondary N) is 1. The lowest BCUT2D eigenvalue weighted by atomic mass is 9.95. The van der Waals surface area contributed by atoms with E-state index in [1.807, 2.05) is 63.2 Å². The zero-order valence-corrected chi connectivity index (χ0v) is 29.0. The van der Waals surface area contributed by atoms with Gasteiger partial charge in [-0.1, -0.05) is 48.6 Å². The maximum absolute atomic E-state index is 16.2. The van der Waals surface area contributed by atoms with E-state index in [1.54, 1.807) is 45.9 Å². The van der Waals surface area contributed by atoms with Crippen molar-refractivity contribution in [1.82, 2.24) is 10.2 Å². The number of nitrogens with zero attached hydrogens (tertiary/aromatic N) is 1. The molecule has 0 spiro atoms. The first-order valence-corrected chi connectivity index (χ1v) is 16.3. The number of likely N-dealkylation sites (tertiary alicyclic amines) is 1. The second-order valence-electron chi connectivity index (χ2n) is 14.2. The lowest BCUT2D eigenvalue weighted by Crippen LogP contribution is -2.34. The largest absolute Gasteiger partial charge is 0.489 e. The number of alkyl carbamates (subject to hydrolysis) is 1. The number of carbonyl (C=O) groups excluding carboxylic acids is 2. The van der Waals surface area contributed by atoms with Gasteiger partial charge in [-0.05, 0) is 116 Å². The Morgan fingerprint density at radius 3 is 2.40 bits per heavy atom. The number of likely N-dealkylation sites (N-methyl/N-ethyl adjacent to an activating group) is 1. The number of esters is 1. The van der Waals surface area contributed by atoms with E-state index in [-0.39, 0.29) is 19.0 Å². The molecule has 1 aliphatic heterocycles. The Hall–Kier alpha value is -4.17. The van der Waals surface area contributed by atoms with Crippen molar-refractivity contribution in [3.8, 4) is 16.9 Å². The van der Waals surface area contributed by atoms with Crippen LogP contribution in [0.5, 0.6) is 5.75 Å². The zero-order chi connectivity index (χ0) is 34.4. The highest BCUT2D eigenvalue weighted by Gasteiger charge is 2.22. The number of benzene rings is 3. The summed E-state index contributed by atoms with van der Waals surface area (Å²) in [5.74, 6) is -0.156. The smallest absolute Gasteiger partial charge is 0.408 e. The highest BCUT2D eigenvalue weighted by Crippen LogP contribution is 2.31. The van der Waals surface area contributed by atoms with Crippen LogP contribution in [0.15, 0.2) is 66.7 Å². The van der Waals surface area contributed by atoms with Crippen LogP contribution in [-0.4, -0.2) is 47.8 Å². The number of ether oxygens (including phenoxy) is 3. The highest BCUT2D eigenvalue weighted by molar-refractivity contribution is 5.74. The number of para-hydroxylation sites is 1. The van der Waals surface area contributed by atoms with Gasteiger partial charge in [-0.2, -0.15) is 0 Å². The Bertz CT molecular complexity index is 1590. The summed E-state index contributed by atoms with van der Waals surface area (Å²) in [5.41, 5.74) is 2.72. The quantitative estimate of drug-likeness (QED) is 0.223. The van der Waals surface area contributed by atoms with E-state index in [0.29, 0.717) is 28.5 Å². The molecule has 4 rings (SSSR count). The molecule has 1 fully saturated rings. The molecule has 0 aromatic heterocycles. The van der Waals surface area contributed by atoms with Crippen LogP contribution in [0.3, 0.4) is 0 Å². The molecule has 8 heteroatoms. The number of carbonyl (C=O) groups is 2. The van der Waals surface area contributed by atoms with Gasteiger partial charge in [0, 0.05) is 22.7 Å². The third-order valence-corrected chi connectivity index (χ3v) is 7.76. The van der Waals surface area contributed by atoms with E-state index in [9.17, 15) is 9.59 Å². The number of amides is 1. The molecular weight excluding hydrogens is 595 g/mol. The molecule has 1 heterocycles. The third kappa shape index (κ3) is 10.7. The normalized spacial score (nSPS) is 16.2. The van der Waals surface area contributed by atoms with Crippen molar-refractivity contribution in [3.63, 3.8) is 0 Å². The van der Waals surface area contributed by atoms with Gasteiger partial charge in [-0.3, -0.25) is 9.69 Å². The average molecular weight is 645 g/mol. The molecule has 1 aliphatic rings. The van der Waals surface area contributed by atoms with Gasteiger partial charge in [0.1, 0.15) is 29.4 Å². The van der Waals surface area contributed by atoms with E-state index in [0.717, 1.165) is 36.1 Å². The van der Waals surface area contributed by atoms with Gasteiger partial charge >= 0.3 is 12.1 Å². The standard InChI is InChI=1S/C39H49FN2O5/c1-26(41-37(44)47-39(5,6)7)32-15-11-16-33(36(32)40)30-22-27(18-19-31-14-12-20-42(31)8)21-28(23-30)25-45-34-17-10-9-13-29(34)24-35(43)46-38(2,3)4/h9-11,13,15-19,21-23,26,31H,12,14,20,24-25H2,1-8H3,(H,41,44)/t26-,31?/m1/s1. The minimum Gasteiger partial charge on any atom is -0.489 e. The van der Waals surface area contributed by atoms with Gasteiger partial charge in [0.2, 0.25) is 0 Å². The molecule has 1 amide bonds. The van der Waals surface area contributed by atoms with Crippen LogP contribution in [0, 0.1) is 5.82 Å². The van der Waals surface area contributed by atoms with Crippen molar-refractivity contribution in [2.24, 2.45) is 0 Å². The molecule has 0 bridgehead atoms. The molecule has 7 nitrogen and oxygen atoms in total. The first-order valence-electron chi connectivity index (χ1n) is 16.3. The summed E-state index contributed by atoms with van der Waals surface area (Å²) in [4.78, 5) is 27.3. The molecule has 1 unspecified atom stereocenters. The van der Waals surface area contributed by atoms with Crippen LogP contribution < -0.4 is 10.1 Å². The van der Waals surface area contributed by atoms with E-state index < -0.39 is 29.2 Å². The zero-order valence-electron chi connectivity index (χ0n) is 29.0. The lowest BCUT2D eigenvalue weighted by Gasteiger charge is -2.22. The Labute approximate surface area is 279 Å². The first-order chi connectivity index (χ1) is 22.1. The molecule has 1 saturated heterocycles. The predicted molar refractivity (Wildman–Crippen MR) is 185 cm³/mol. The third-order valence-electron chi connectivity index (χ3n) is 7.76. The maximum atomic E-state index is 16.2. The second kappa shape index (κ2) is 15.2. The molecule has 0 saturated carbocycles. The van der Waals surface area contributed by atoms with Crippen LogP contribution in [-0.2, 0) is 27.3 Å². The summed E-state index contributed by atoms with van der Waals surface area (Å²) < 4.78 is 33.4. The molecule has 47 heavy (non-hydrogen) atoms. The molecule has 2 atom stereocenters. The monoisotopic (exact) mass is 644 g/mol. The van der Waals surface area contributed by atoms with Gasteiger partial charge in [0.25, 0.3) is 0 Å². The molecule has 0 aliphatic carbocycles. The van der Waals surface area contributed by atoms with E-state index in [4.69, 9.17) is 14.2 Å². The predicted octanol–water partition coefficient (Wildman–Crippen LogP) is 8.65. The van der Waals surface area contributed by atoms with Gasteiger partial charge < -0.3 is 19.5 Å². The Morgan fingerprint density at radius 1 is 1.00 bits per heavy atom. The van der Waals surface area contributed by atoms with Crippen LogP contribution >= 0.6 is 0 Å². The fourth-order valence-electron chi connectivity index (χ4n) is 5.61. The van der Waals surface area contributed by atoms with Crippen molar-refractivity contribution >= 4 is 18.1 Å². The minimum absolute atomic E-state index is 0.0872. The fourth-order valence-corrected chi connectivity index (χ4v) is 5.61. The van der Waals surface area contributed by atoms with E-state index in [1.165, 1.54) is 0 Å². The van der Waals surface area contributed by atoms with Crippen LogP contribution in [0.1, 0.15) is 89.6 Å². The van der Waals surface area contributed by atoms with Crippen LogP contribution in [0.4, 0.5) is 9.18 Å². The summed E-state index contributed by atoms with van der Waals surface area (Å²) in [6.07, 6.45) is 6.02. The molecule has 0 radical (unpaired) electrons. The topological polar surface area (TPSA) is 77.1 Å². The number of hydrogen-bond acceptors (Lipinski definition) is 6. The van der Waals surface area contributed by atoms with Crippen molar-refractivity contribution in [1.29, 1.82) is 0 Å². The summed E-state index contributed by atoms with van der Waals surface area (Å²) in [7, 11) is 2.12. The van der Waals surface area contributed by atoms with Crippen molar-refractivity contribution in [2.45, 2.75) is 97.6 Å². The number of hydrogen-bond donors (Lipinski definition) is 1. The minimum atomic E-state index is -0.666. The van der Waals surface area contributed by atoms with Gasteiger partial charge in [0.15, 0.2) is 0 Å². The molecule has 3 aromatic carbocycles. The molecule has 1 N–H and O–H groups in total. The van der Waals surface area contributed by atoms with E-state index >= 15 is 4.39 Å². The highest BCUT2D eigenvalue weighted by atomic mass is 19.1. The van der Waals surface area contributed by atoms with Crippen LogP contribution in [0.2, 0.25) is 0 Å². The first kappa shape index (κ1) is 35.7. The average Bonchev–Trinajstić information content (AvgIpc) is 3.38. The Kier molecular flexibility index (Phi) is 11.5. The van der Waals surface area contributed by atoms with Crippen molar-refractivity contribution in [2.75, 3.05) is 13.6 Å².